The Bertz CT molecular complexity index is 2250. The van der Waals surface area contributed by atoms with Crippen LogP contribution in [0.1, 0.15) is 63.9 Å². The number of likely N-dealkylation sites (tertiary alicyclic amines) is 2. The van der Waals surface area contributed by atoms with E-state index in [4.69, 9.17) is 22.3 Å². The molecule has 2 heterocycles. The zero-order valence-electron chi connectivity index (χ0n) is 39.6. The number of nitrogens with two attached hydrogens (primary N) is 3. The predicted molar refractivity (Wildman–Crippen MR) is 253 cm³/mol. The zero-order chi connectivity index (χ0) is 54.7. The number of primary amides is 2. The Kier molecular flexibility index (Phi) is 23.3. The first-order valence-electron chi connectivity index (χ1n) is 22.8. The molecule has 73 heavy (non-hydrogen) atoms. The van der Waals surface area contributed by atoms with Crippen LogP contribution in [-0.4, -0.2) is 194 Å². The number of rotatable bonds is 28. The van der Waals surface area contributed by atoms with Crippen LogP contribution in [0.25, 0.3) is 0 Å². The number of nitrogens with one attached hydrogen (secondary N) is 7. The number of aliphatic carboxylic acids is 2. The molecule has 3 rings (SSSR count). The summed E-state index contributed by atoms with van der Waals surface area (Å²) in [5.41, 5.74) is 16.7. The summed E-state index contributed by atoms with van der Waals surface area (Å²) in [6.45, 7) is -0.437. The molecule has 1 aromatic carbocycles. The Balaban J connectivity index is 1.70. The lowest BCUT2D eigenvalue weighted by molar-refractivity contribution is -0.143. The van der Waals surface area contributed by atoms with Gasteiger partial charge in [-0.05, 0) is 56.7 Å². The minimum Gasteiger partial charge on any atom is -0.508 e. The predicted octanol–water partition coefficient (Wildman–Crippen LogP) is -7.09. The molecule has 2 aliphatic heterocycles. The molecule has 29 nitrogen and oxygen atoms in total. The van der Waals surface area contributed by atoms with Gasteiger partial charge in [0.25, 0.3) is 0 Å². The average Bonchev–Trinajstić information content (AvgIpc) is 4.03. The molecule has 1 aromatic rings. The third-order valence-corrected chi connectivity index (χ3v) is 11.8. The van der Waals surface area contributed by atoms with Crippen LogP contribution in [0.2, 0.25) is 0 Å². The SMILES string of the molecule is C[C@@H](O)[C@H](NC(=O)CNC(=O)[C@H](CC(N)=O)NC(=O)[C@H](CCC(=O)O)NC(=O)[C@@H]1CCCN1C(=O)[C@@H](N)CC(N)=O)C(=O)N[C@@H](CS)C(=O)N[C@@H](Cc1ccc(O)cc1)C(=O)N1CCC[C@H]1C(=O)NCC(=O)O. The van der Waals surface area contributed by atoms with Gasteiger partial charge in [-0.15, -0.1) is 0 Å². The van der Waals surface area contributed by atoms with Crippen molar-refractivity contribution in [2.24, 2.45) is 17.2 Å². The number of phenols is 1. The van der Waals surface area contributed by atoms with Crippen LogP contribution in [0.5, 0.6) is 5.75 Å². The number of benzene rings is 1. The minimum atomic E-state index is -1.83. The Morgan fingerprint density at radius 2 is 1.21 bits per heavy atom. The van der Waals surface area contributed by atoms with E-state index in [0.29, 0.717) is 18.4 Å². The molecular formula is C43H62N12O17S. The first kappa shape index (κ1) is 59.7. The molecule has 9 atom stereocenters. The standard InChI is InChI=1S/C43H62N12O17S/c1-20(56)35(41(70)52-27(19-73)38(67)51-26(14-21-6-8-22(57)9-7-21)43(72)55-13-2-4-28(55)39(68)48-18-34(63)64)53-32(60)17-47-36(65)25(16-31(46)59)50-37(66)24(10-11-33(61)62)49-40(69)29-5-3-12-54(29)42(71)23(44)15-30(45)58/h6-9,20,23-29,35,56-57,73H,2-5,10-19,44H2,1H3,(H2,45,58)(H2,46,59)(H,47,65)(H,48,68)(H,49,69)(H,50,66)(H,51,67)(H,52,70)(H,53,60)(H,61,62)(H,63,64)/t20-,23+,24+,25+,26+,27+,28+,29+,35+/m1/s1. The van der Waals surface area contributed by atoms with Gasteiger partial charge in [0.15, 0.2) is 0 Å². The van der Waals surface area contributed by atoms with E-state index in [1.807, 2.05) is 0 Å². The Morgan fingerprint density at radius 1 is 0.658 bits per heavy atom. The quantitative estimate of drug-likeness (QED) is 0.0347. The molecule has 11 amide bonds. The van der Waals surface area contributed by atoms with E-state index in [1.165, 1.54) is 29.2 Å². The Labute approximate surface area is 422 Å². The lowest BCUT2D eigenvalue weighted by Gasteiger charge is -2.30. The number of carbonyl (C=O) groups is 13. The minimum absolute atomic E-state index is 0.0539. The van der Waals surface area contributed by atoms with Gasteiger partial charge in [-0.1, -0.05) is 12.1 Å². The fourth-order valence-electron chi connectivity index (χ4n) is 7.81. The number of hydrogen-bond donors (Lipinski definition) is 15. The maximum atomic E-state index is 14.0. The van der Waals surface area contributed by atoms with Gasteiger partial charge in [0, 0.05) is 31.7 Å². The van der Waals surface area contributed by atoms with Gasteiger partial charge in [-0.2, -0.15) is 12.6 Å². The lowest BCUT2D eigenvalue weighted by atomic mass is 10.0. The smallest absolute Gasteiger partial charge is 0.322 e. The fourth-order valence-corrected chi connectivity index (χ4v) is 8.06. The van der Waals surface area contributed by atoms with Crippen LogP contribution in [0.15, 0.2) is 24.3 Å². The highest BCUT2D eigenvalue weighted by Crippen LogP contribution is 2.22. The molecule has 0 radical (unpaired) electrons. The molecule has 17 N–H and O–H groups in total. The monoisotopic (exact) mass is 1050 g/mol. The van der Waals surface area contributed by atoms with Crippen molar-refractivity contribution >= 4 is 89.5 Å². The summed E-state index contributed by atoms with van der Waals surface area (Å²) < 4.78 is 0. The number of hydrogen-bond acceptors (Lipinski definition) is 17. The molecule has 0 saturated carbocycles. The van der Waals surface area contributed by atoms with Crippen LogP contribution in [0, 0.1) is 0 Å². The maximum Gasteiger partial charge on any atom is 0.322 e. The average molecular weight is 1050 g/mol. The molecule has 2 fully saturated rings. The normalized spacial score (nSPS) is 18.0. The number of phenolic OH excluding ortho intramolecular Hbond substituents is 1. The number of thiol groups is 1. The molecule has 0 unspecified atom stereocenters. The van der Waals surface area contributed by atoms with Crippen molar-refractivity contribution in [1.82, 2.24) is 47.0 Å². The van der Waals surface area contributed by atoms with E-state index in [-0.39, 0.29) is 38.1 Å². The van der Waals surface area contributed by atoms with Crippen molar-refractivity contribution in [2.75, 3.05) is 31.9 Å². The molecule has 0 spiro atoms. The van der Waals surface area contributed by atoms with Gasteiger partial charge < -0.3 is 84.6 Å². The van der Waals surface area contributed by atoms with E-state index in [0.717, 1.165) is 11.8 Å². The van der Waals surface area contributed by atoms with Crippen LogP contribution in [0.4, 0.5) is 0 Å². The number of amides is 11. The topological polar surface area (TPSA) is 472 Å². The van der Waals surface area contributed by atoms with Crippen molar-refractivity contribution in [2.45, 2.75) is 119 Å². The summed E-state index contributed by atoms with van der Waals surface area (Å²) in [5, 5.41) is 54.6. The Morgan fingerprint density at radius 3 is 1.75 bits per heavy atom. The van der Waals surface area contributed by atoms with E-state index in [9.17, 15) is 77.6 Å². The van der Waals surface area contributed by atoms with E-state index >= 15 is 0 Å². The first-order valence-corrected chi connectivity index (χ1v) is 23.5. The number of carboxylic acids is 2. The summed E-state index contributed by atoms with van der Waals surface area (Å²) in [4.78, 5) is 168. The van der Waals surface area contributed by atoms with E-state index in [1.54, 1.807) is 0 Å². The van der Waals surface area contributed by atoms with Gasteiger partial charge in [0.2, 0.25) is 65.0 Å². The number of aromatic hydroxyl groups is 1. The van der Waals surface area contributed by atoms with Crippen molar-refractivity contribution in [1.29, 1.82) is 0 Å². The second-order valence-corrected chi connectivity index (χ2v) is 17.5. The summed E-state index contributed by atoms with van der Waals surface area (Å²) in [6.07, 6.45) is -3.48. The summed E-state index contributed by atoms with van der Waals surface area (Å²) in [6, 6.07) is -6.26. The van der Waals surface area contributed by atoms with Crippen LogP contribution < -0.4 is 54.4 Å². The third-order valence-electron chi connectivity index (χ3n) is 11.5. The fraction of sp³-hybridized carbons (Fsp3) is 0.558. The molecule has 0 aliphatic carbocycles. The van der Waals surface area contributed by atoms with Crippen molar-refractivity contribution in [3.05, 3.63) is 29.8 Å². The van der Waals surface area contributed by atoms with E-state index in [2.05, 4.69) is 49.8 Å². The number of carboxylic acid groups (broad SMARTS) is 2. The van der Waals surface area contributed by atoms with Crippen molar-refractivity contribution < 1.29 is 82.8 Å². The zero-order valence-corrected chi connectivity index (χ0v) is 40.5. The second kappa shape index (κ2) is 28.4. The molecule has 30 heteroatoms. The summed E-state index contributed by atoms with van der Waals surface area (Å²) in [5.74, 6) is -14.0. The number of nitrogens with zero attached hydrogens (tertiary/aromatic N) is 2. The molecule has 2 saturated heterocycles. The van der Waals surface area contributed by atoms with Crippen LogP contribution >= 0.6 is 12.6 Å². The van der Waals surface area contributed by atoms with E-state index < -0.39 is 176 Å². The van der Waals surface area contributed by atoms with Gasteiger partial charge in [-0.3, -0.25) is 62.3 Å². The Hall–Kier alpha value is -7.60. The lowest BCUT2D eigenvalue weighted by Crippen LogP contribution is -2.61. The van der Waals surface area contributed by atoms with Gasteiger partial charge in [-0.25, -0.2) is 0 Å². The highest BCUT2D eigenvalue weighted by atomic mass is 32.1. The van der Waals surface area contributed by atoms with Gasteiger partial charge in [0.1, 0.15) is 54.6 Å². The maximum absolute atomic E-state index is 14.0. The molecule has 0 bridgehead atoms. The van der Waals surface area contributed by atoms with Gasteiger partial charge in [0.05, 0.1) is 31.5 Å². The first-order chi connectivity index (χ1) is 34.3. The van der Waals surface area contributed by atoms with Crippen LogP contribution in [-0.2, 0) is 68.7 Å². The largest absolute Gasteiger partial charge is 0.508 e. The molecule has 2 aliphatic rings. The highest BCUT2D eigenvalue weighted by molar-refractivity contribution is 7.80. The molecular weight excluding hydrogens is 989 g/mol. The number of carbonyl (C=O) groups excluding carboxylic acids is 11. The van der Waals surface area contributed by atoms with Crippen molar-refractivity contribution in [3.63, 3.8) is 0 Å². The summed E-state index contributed by atoms with van der Waals surface area (Å²) >= 11 is 4.15. The number of aliphatic hydroxyl groups is 1. The summed E-state index contributed by atoms with van der Waals surface area (Å²) in [7, 11) is 0. The second-order valence-electron chi connectivity index (χ2n) is 17.2. The molecule has 402 valence electrons. The molecule has 0 aromatic heterocycles. The third kappa shape index (κ3) is 18.8. The van der Waals surface area contributed by atoms with Crippen LogP contribution in [0.3, 0.4) is 0 Å². The number of aliphatic hydroxyl groups excluding tert-OH is 1. The van der Waals surface area contributed by atoms with Gasteiger partial charge >= 0.3 is 11.9 Å². The highest BCUT2D eigenvalue weighted by Gasteiger charge is 2.41. The van der Waals surface area contributed by atoms with Crippen molar-refractivity contribution in [3.8, 4) is 5.75 Å².